The molecule has 4 aromatic rings. The number of hydrogen-bond acceptors (Lipinski definition) is 6. The fourth-order valence-corrected chi connectivity index (χ4v) is 5.34. The summed E-state index contributed by atoms with van der Waals surface area (Å²) >= 11 is 1.69. The lowest BCUT2D eigenvalue weighted by molar-refractivity contribution is -0.922. The van der Waals surface area contributed by atoms with Crippen molar-refractivity contribution in [3.8, 4) is 16.9 Å². The molecule has 5 rings (SSSR count). The Morgan fingerprint density at radius 1 is 1.03 bits per heavy atom. The minimum absolute atomic E-state index is 0.698. The standard InChI is InChI=1S/C26H28N4O2S/c1-29(16-20-10-6-7-11-22(20)31-2)25-24-21(19-8-4-3-5-9-19)18-33-26(24)28-23(27-25)17-30-12-14-32-15-13-30/h3-11,18H,12-17H2,1-2H3/p+1. The van der Waals surface area contributed by atoms with Crippen LogP contribution in [0.2, 0.25) is 0 Å². The number of thiophene rings is 1. The number of nitrogens with zero attached hydrogens (tertiary/aromatic N) is 3. The number of anilines is 1. The lowest BCUT2D eigenvalue weighted by atomic mass is 10.1. The molecule has 0 radical (unpaired) electrons. The lowest BCUT2D eigenvalue weighted by Crippen LogP contribution is -3.12. The van der Waals surface area contributed by atoms with Gasteiger partial charge >= 0.3 is 0 Å². The van der Waals surface area contributed by atoms with Crippen LogP contribution >= 0.6 is 11.3 Å². The molecule has 6 nitrogen and oxygen atoms in total. The number of rotatable bonds is 7. The largest absolute Gasteiger partial charge is 0.496 e. The molecule has 2 aromatic carbocycles. The van der Waals surface area contributed by atoms with Gasteiger partial charge in [0, 0.05) is 30.1 Å². The Kier molecular flexibility index (Phi) is 6.53. The maximum absolute atomic E-state index is 5.60. The average Bonchev–Trinajstić information content (AvgIpc) is 3.29. The molecule has 170 valence electrons. The Labute approximate surface area is 198 Å². The first-order chi connectivity index (χ1) is 16.2. The minimum atomic E-state index is 0.698. The van der Waals surface area contributed by atoms with E-state index in [-0.39, 0.29) is 0 Å². The second-order valence-corrected chi connectivity index (χ2v) is 9.22. The molecule has 0 amide bonds. The SMILES string of the molecule is COc1ccccc1CN(C)c1nc(C[NH+]2CCOCC2)nc2scc(-c3ccccc3)c12. The van der Waals surface area contributed by atoms with E-state index in [1.807, 2.05) is 18.2 Å². The van der Waals surface area contributed by atoms with Crippen LogP contribution in [0.5, 0.6) is 5.75 Å². The summed E-state index contributed by atoms with van der Waals surface area (Å²) in [5.74, 6) is 2.75. The first kappa shape index (κ1) is 21.8. The molecule has 3 heterocycles. The van der Waals surface area contributed by atoms with Crippen LogP contribution < -0.4 is 14.5 Å². The lowest BCUT2D eigenvalue weighted by Gasteiger charge is -2.24. The molecule has 1 saturated heterocycles. The highest BCUT2D eigenvalue weighted by Gasteiger charge is 2.22. The van der Waals surface area contributed by atoms with E-state index in [2.05, 4.69) is 53.7 Å². The number of benzene rings is 2. The van der Waals surface area contributed by atoms with Gasteiger partial charge in [0.05, 0.1) is 25.7 Å². The first-order valence-electron chi connectivity index (χ1n) is 11.3. The summed E-state index contributed by atoms with van der Waals surface area (Å²) in [7, 11) is 3.82. The maximum Gasteiger partial charge on any atom is 0.187 e. The monoisotopic (exact) mass is 461 g/mol. The van der Waals surface area contributed by atoms with E-state index >= 15 is 0 Å². The number of morpholine rings is 1. The van der Waals surface area contributed by atoms with E-state index in [0.29, 0.717) is 6.54 Å². The van der Waals surface area contributed by atoms with Gasteiger partial charge in [-0.25, -0.2) is 9.97 Å². The Morgan fingerprint density at radius 2 is 1.79 bits per heavy atom. The highest BCUT2D eigenvalue weighted by molar-refractivity contribution is 7.17. The normalized spacial score (nSPS) is 14.5. The smallest absolute Gasteiger partial charge is 0.187 e. The topological polar surface area (TPSA) is 51.9 Å². The molecule has 2 aromatic heterocycles. The van der Waals surface area contributed by atoms with Crippen molar-refractivity contribution in [2.75, 3.05) is 45.4 Å². The molecule has 0 spiro atoms. The van der Waals surface area contributed by atoms with E-state index in [1.165, 1.54) is 16.0 Å². The molecule has 0 bridgehead atoms. The fraction of sp³-hybridized carbons (Fsp3) is 0.308. The maximum atomic E-state index is 5.60. The van der Waals surface area contributed by atoms with E-state index < -0.39 is 0 Å². The fourth-order valence-electron chi connectivity index (χ4n) is 4.38. The van der Waals surface area contributed by atoms with Crippen molar-refractivity contribution in [2.24, 2.45) is 0 Å². The molecule has 1 N–H and O–H groups in total. The van der Waals surface area contributed by atoms with Gasteiger partial charge in [0.2, 0.25) is 0 Å². The number of fused-ring (bicyclic) bond motifs is 1. The quantitative estimate of drug-likeness (QED) is 0.457. The molecule has 0 atom stereocenters. The summed E-state index contributed by atoms with van der Waals surface area (Å²) in [5, 5.41) is 3.32. The third-order valence-electron chi connectivity index (χ3n) is 6.12. The molecule has 0 aliphatic carbocycles. The number of ether oxygens (including phenoxy) is 2. The molecule has 0 unspecified atom stereocenters. The van der Waals surface area contributed by atoms with Gasteiger partial charge in [0.15, 0.2) is 5.82 Å². The van der Waals surface area contributed by atoms with Gasteiger partial charge in [-0.1, -0.05) is 48.5 Å². The molecular formula is C26H29N4O2S+. The zero-order valence-electron chi connectivity index (χ0n) is 19.1. The molecule has 0 saturated carbocycles. The Morgan fingerprint density at radius 3 is 2.58 bits per heavy atom. The predicted molar refractivity (Wildman–Crippen MR) is 133 cm³/mol. The van der Waals surface area contributed by atoms with Gasteiger partial charge in [0.25, 0.3) is 0 Å². The Balaban J connectivity index is 1.57. The minimum Gasteiger partial charge on any atom is -0.496 e. The number of methoxy groups -OCH3 is 1. The van der Waals surface area contributed by atoms with Crippen LogP contribution in [-0.4, -0.2) is 50.4 Å². The van der Waals surface area contributed by atoms with Crippen molar-refractivity contribution in [2.45, 2.75) is 13.1 Å². The van der Waals surface area contributed by atoms with Gasteiger partial charge in [-0.3, -0.25) is 0 Å². The summed E-state index contributed by atoms with van der Waals surface area (Å²) in [6.07, 6.45) is 0. The van der Waals surface area contributed by atoms with Gasteiger partial charge < -0.3 is 19.3 Å². The van der Waals surface area contributed by atoms with Crippen molar-refractivity contribution >= 4 is 27.4 Å². The molecule has 1 fully saturated rings. The first-order valence-corrected chi connectivity index (χ1v) is 12.2. The number of hydrogen-bond donors (Lipinski definition) is 1. The number of quaternary nitrogens is 1. The second-order valence-electron chi connectivity index (χ2n) is 8.37. The number of nitrogens with one attached hydrogen (secondary N) is 1. The zero-order chi connectivity index (χ0) is 22.6. The third kappa shape index (κ3) is 4.71. The Hall–Kier alpha value is -3.00. The van der Waals surface area contributed by atoms with Crippen molar-refractivity contribution in [3.05, 3.63) is 71.4 Å². The van der Waals surface area contributed by atoms with E-state index in [9.17, 15) is 0 Å². The summed E-state index contributed by atoms with van der Waals surface area (Å²) < 4.78 is 11.1. The second kappa shape index (κ2) is 9.87. The summed E-state index contributed by atoms with van der Waals surface area (Å²) in [6, 6.07) is 18.7. The molecular weight excluding hydrogens is 432 g/mol. The van der Waals surface area contributed by atoms with Crippen molar-refractivity contribution in [1.29, 1.82) is 0 Å². The number of para-hydroxylation sites is 1. The molecule has 1 aliphatic heterocycles. The highest BCUT2D eigenvalue weighted by Crippen LogP contribution is 2.38. The predicted octanol–water partition coefficient (Wildman–Crippen LogP) is 3.42. The van der Waals surface area contributed by atoms with Crippen molar-refractivity contribution in [1.82, 2.24) is 9.97 Å². The number of aromatic nitrogens is 2. The highest BCUT2D eigenvalue weighted by atomic mass is 32.1. The zero-order valence-corrected chi connectivity index (χ0v) is 19.9. The molecule has 33 heavy (non-hydrogen) atoms. The molecule has 1 aliphatic rings. The van der Waals surface area contributed by atoms with Crippen LogP contribution in [-0.2, 0) is 17.8 Å². The van der Waals surface area contributed by atoms with E-state index in [0.717, 1.165) is 66.0 Å². The van der Waals surface area contributed by atoms with Crippen LogP contribution in [0, 0.1) is 0 Å². The van der Waals surface area contributed by atoms with Crippen molar-refractivity contribution < 1.29 is 14.4 Å². The van der Waals surface area contributed by atoms with Gasteiger partial charge in [-0.05, 0) is 11.6 Å². The average molecular weight is 462 g/mol. The van der Waals surface area contributed by atoms with Crippen molar-refractivity contribution in [3.63, 3.8) is 0 Å². The third-order valence-corrected chi connectivity index (χ3v) is 6.99. The Bertz CT molecular complexity index is 1220. The van der Waals surface area contributed by atoms with Gasteiger partial charge in [-0.15, -0.1) is 11.3 Å². The summed E-state index contributed by atoms with van der Waals surface area (Å²) in [4.78, 5) is 14.8. The van der Waals surface area contributed by atoms with Crippen LogP contribution in [0.25, 0.3) is 21.3 Å². The van der Waals surface area contributed by atoms with Gasteiger partial charge in [-0.2, -0.15) is 0 Å². The molecule has 7 heteroatoms. The van der Waals surface area contributed by atoms with Crippen LogP contribution in [0.4, 0.5) is 5.82 Å². The van der Waals surface area contributed by atoms with Crippen LogP contribution in [0.3, 0.4) is 0 Å². The van der Waals surface area contributed by atoms with E-state index in [4.69, 9.17) is 19.4 Å². The summed E-state index contributed by atoms with van der Waals surface area (Å²) in [5.41, 5.74) is 3.50. The van der Waals surface area contributed by atoms with Crippen LogP contribution in [0.15, 0.2) is 60.0 Å². The van der Waals surface area contributed by atoms with Gasteiger partial charge in [0.1, 0.15) is 36.0 Å². The van der Waals surface area contributed by atoms with Crippen LogP contribution in [0.1, 0.15) is 11.4 Å². The van der Waals surface area contributed by atoms with E-state index in [1.54, 1.807) is 18.4 Å². The summed E-state index contributed by atoms with van der Waals surface area (Å²) in [6.45, 7) is 5.10.